The Morgan fingerprint density at radius 2 is 2.16 bits per heavy atom. The number of aliphatic carboxylic acids is 1. The number of carbonyl (C=O) groups excluding carboxylic acids is 3. The van der Waals surface area contributed by atoms with Crippen LogP contribution in [-0.2, 0) is 14.4 Å². The molecule has 9 heteroatoms. The average Bonchev–Trinajstić information content (AvgIpc) is 2.70. The Labute approximate surface area is 113 Å². The zero-order valence-electron chi connectivity index (χ0n) is 10.00. The monoisotopic (exact) mass is 287 g/mol. The lowest BCUT2D eigenvalue weighted by Crippen LogP contribution is -2.53. The maximum atomic E-state index is 12.0. The maximum Gasteiger partial charge on any atom is 0.327 e. The third-order valence-electron chi connectivity index (χ3n) is 2.96. The van der Waals surface area contributed by atoms with Crippen LogP contribution in [0.5, 0.6) is 0 Å². The summed E-state index contributed by atoms with van der Waals surface area (Å²) in [5, 5.41) is 11.4. The average molecular weight is 287 g/mol. The van der Waals surface area contributed by atoms with Crippen LogP contribution in [0, 0.1) is 0 Å². The number of nitrogens with one attached hydrogen (secondary N) is 1. The Kier molecular flexibility index (Phi) is 3.93. The van der Waals surface area contributed by atoms with Gasteiger partial charge in [-0.3, -0.25) is 14.5 Å². The highest BCUT2D eigenvalue weighted by Gasteiger charge is 2.36. The molecule has 2 aliphatic rings. The van der Waals surface area contributed by atoms with Gasteiger partial charge in [-0.05, 0) is 0 Å². The number of carbonyl (C=O) groups is 4. The number of nitrogens with zero attached hydrogens (tertiary/aromatic N) is 2. The molecule has 4 amide bonds. The zero-order valence-corrected chi connectivity index (χ0v) is 10.8. The van der Waals surface area contributed by atoms with Crippen molar-refractivity contribution in [2.75, 3.05) is 31.1 Å². The van der Waals surface area contributed by atoms with Gasteiger partial charge in [0.25, 0.3) is 5.91 Å². The van der Waals surface area contributed by atoms with Crippen LogP contribution >= 0.6 is 11.8 Å². The molecular formula is C10H13N3O5S. The van der Waals surface area contributed by atoms with Crippen LogP contribution in [0.2, 0.25) is 0 Å². The van der Waals surface area contributed by atoms with Crippen molar-refractivity contribution in [1.82, 2.24) is 15.1 Å². The van der Waals surface area contributed by atoms with Crippen molar-refractivity contribution in [1.29, 1.82) is 0 Å². The molecule has 0 bridgehead atoms. The highest BCUT2D eigenvalue weighted by atomic mass is 32.2. The lowest BCUT2D eigenvalue weighted by Gasteiger charge is -2.33. The van der Waals surface area contributed by atoms with Crippen LogP contribution in [0.4, 0.5) is 4.79 Å². The summed E-state index contributed by atoms with van der Waals surface area (Å²) in [5.41, 5.74) is 0. The van der Waals surface area contributed by atoms with Crippen LogP contribution in [0.25, 0.3) is 0 Å². The summed E-state index contributed by atoms with van der Waals surface area (Å²) in [6.07, 6.45) is 0. The van der Waals surface area contributed by atoms with Crippen LogP contribution in [0.3, 0.4) is 0 Å². The number of carboxylic acid groups (broad SMARTS) is 1. The fourth-order valence-corrected chi connectivity index (χ4v) is 2.99. The summed E-state index contributed by atoms with van der Waals surface area (Å²) < 4.78 is 0. The van der Waals surface area contributed by atoms with Gasteiger partial charge in [-0.25, -0.2) is 9.59 Å². The molecule has 1 unspecified atom stereocenters. The van der Waals surface area contributed by atoms with Crippen LogP contribution < -0.4 is 5.32 Å². The van der Waals surface area contributed by atoms with Gasteiger partial charge in [-0.2, -0.15) is 11.8 Å². The second-order valence-electron chi connectivity index (χ2n) is 4.15. The van der Waals surface area contributed by atoms with Gasteiger partial charge in [-0.1, -0.05) is 0 Å². The highest BCUT2D eigenvalue weighted by molar-refractivity contribution is 7.99. The fraction of sp³-hybridized carbons (Fsp3) is 0.600. The highest BCUT2D eigenvalue weighted by Crippen LogP contribution is 2.17. The molecule has 2 heterocycles. The summed E-state index contributed by atoms with van der Waals surface area (Å²) in [5.74, 6) is -1.09. The Hall–Kier alpha value is -1.77. The van der Waals surface area contributed by atoms with Gasteiger partial charge in [0.1, 0.15) is 12.6 Å². The van der Waals surface area contributed by atoms with E-state index in [4.69, 9.17) is 5.11 Å². The summed E-state index contributed by atoms with van der Waals surface area (Å²) in [7, 11) is 0. The third kappa shape index (κ3) is 2.80. The van der Waals surface area contributed by atoms with Crippen molar-refractivity contribution in [3.63, 3.8) is 0 Å². The molecule has 2 aliphatic heterocycles. The quantitative estimate of drug-likeness (QED) is 0.616. The minimum atomic E-state index is -1.07. The Morgan fingerprint density at radius 3 is 2.74 bits per heavy atom. The van der Waals surface area contributed by atoms with Crippen molar-refractivity contribution in [2.45, 2.75) is 6.04 Å². The fourth-order valence-electron chi connectivity index (χ4n) is 1.95. The molecule has 8 nitrogen and oxygen atoms in total. The minimum Gasteiger partial charge on any atom is -0.480 e. The van der Waals surface area contributed by atoms with E-state index in [0.717, 1.165) is 4.90 Å². The van der Waals surface area contributed by atoms with E-state index in [2.05, 4.69) is 5.32 Å². The summed E-state index contributed by atoms with van der Waals surface area (Å²) in [6, 6.07) is -1.51. The molecule has 2 fully saturated rings. The summed E-state index contributed by atoms with van der Waals surface area (Å²) in [4.78, 5) is 47.8. The Morgan fingerprint density at radius 1 is 1.42 bits per heavy atom. The molecule has 0 saturated carbocycles. The third-order valence-corrected chi connectivity index (χ3v) is 3.99. The first kappa shape index (κ1) is 13.7. The standard InChI is InChI=1S/C10H13N3O5S/c14-7-3-11-10(18)13(7)4-8(15)12-1-2-19-5-6(12)9(16)17/h6H,1-5H2,(H,11,18)(H,16,17). The van der Waals surface area contributed by atoms with E-state index in [1.54, 1.807) is 0 Å². The van der Waals surface area contributed by atoms with Crippen LogP contribution in [0.1, 0.15) is 0 Å². The Balaban J connectivity index is 2.03. The molecule has 0 aromatic carbocycles. The number of hydrogen-bond donors (Lipinski definition) is 2. The number of hydrogen-bond acceptors (Lipinski definition) is 5. The van der Waals surface area contributed by atoms with Crippen molar-refractivity contribution in [3.05, 3.63) is 0 Å². The second-order valence-corrected chi connectivity index (χ2v) is 5.30. The predicted molar refractivity (Wildman–Crippen MR) is 65.6 cm³/mol. The number of carboxylic acids is 1. The maximum absolute atomic E-state index is 12.0. The molecule has 2 saturated heterocycles. The summed E-state index contributed by atoms with van der Waals surface area (Å²) >= 11 is 1.46. The van der Waals surface area contributed by atoms with Crippen LogP contribution in [0.15, 0.2) is 0 Å². The Bertz CT molecular complexity index is 425. The van der Waals surface area contributed by atoms with E-state index in [-0.39, 0.29) is 6.54 Å². The molecule has 0 aromatic rings. The van der Waals surface area contributed by atoms with E-state index < -0.39 is 36.4 Å². The molecule has 0 spiro atoms. The number of rotatable bonds is 3. The molecule has 1 atom stereocenters. The van der Waals surface area contributed by atoms with E-state index in [9.17, 15) is 19.2 Å². The van der Waals surface area contributed by atoms with Crippen molar-refractivity contribution in [3.8, 4) is 0 Å². The number of amides is 4. The van der Waals surface area contributed by atoms with Gasteiger partial charge in [-0.15, -0.1) is 0 Å². The molecule has 0 aromatic heterocycles. The van der Waals surface area contributed by atoms with Gasteiger partial charge >= 0.3 is 12.0 Å². The topological polar surface area (TPSA) is 107 Å². The minimum absolute atomic E-state index is 0.121. The van der Waals surface area contributed by atoms with E-state index in [1.807, 2.05) is 0 Å². The zero-order chi connectivity index (χ0) is 14.0. The first-order valence-corrected chi connectivity index (χ1v) is 6.84. The van der Waals surface area contributed by atoms with E-state index in [1.165, 1.54) is 16.7 Å². The molecule has 0 radical (unpaired) electrons. The van der Waals surface area contributed by atoms with E-state index >= 15 is 0 Å². The smallest absolute Gasteiger partial charge is 0.327 e. The van der Waals surface area contributed by atoms with Crippen molar-refractivity contribution >= 4 is 35.6 Å². The first-order chi connectivity index (χ1) is 9.00. The molecule has 19 heavy (non-hydrogen) atoms. The number of urea groups is 1. The lowest BCUT2D eigenvalue weighted by atomic mass is 10.2. The lowest BCUT2D eigenvalue weighted by molar-refractivity contribution is -0.149. The number of thioether (sulfide) groups is 1. The number of imide groups is 1. The second kappa shape index (κ2) is 5.47. The van der Waals surface area contributed by atoms with E-state index in [0.29, 0.717) is 18.1 Å². The van der Waals surface area contributed by atoms with Gasteiger partial charge in [0, 0.05) is 18.1 Å². The first-order valence-electron chi connectivity index (χ1n) is 5.69. The molecule has 104 valence electrons. The summed E-state index contributed by atoms with van der Waals surface area (Å²) in [6.45, 7) is -0.215. The molecule has 2 rings (SSSR count). The van der Waals surface area contributed by atoms with Gasteiger partial charge in [0.15, 0.2) is 0 Å². The van der Waals surface area contributed by atoms with Crippen molar-refractivity contribution < 1.29 is 24.3 Å². The molecule has 2 N–H and O–H groups in total. The molecule has 0 aliphatic carbocycles. The van der Waals surface area contributed by atoms with Gasteiger partial charge in [0.2, 0.25) is 5.91 Å². The van der Waals surface area contributed by atoms with Crippen LogP contribution in [-0.4, -0.2) is 75.9 Å². The van der Waals surface area contributed by atoms with Gasteiger partial charge in [0.05, 0.1) is 6.54 Å². The largest absolute Gasteiger partial charge is 0.480 e. The predicted octanol–water partition coefficient (Wildman–Crippen LogP) is -1.43. The molecular weight excluding hydrogens is 274 g/mol. The normalized spacial score (nSPS) is 23.5. The van der Waals surface area contributed by atoms with Crippen molar-refractivity contribution in [2.24, 2.45) is 0 Å². The SMILES string of the molecule is O=C(O)C1CSCCN1C(=O)CN1C(=O)CNC1=O. The van der Waals surface area contributed by atoms with Gasteiger partial charge < -0.3 is 15.3 Å².